The second-order valence-electron chi connectivity index (χ2n) is 4.45. The molecule has 1 rings (SSSR count). The molecule has 0 bridgehead atoms. The van der Waals surface area contributed by atoms with Gasteiger partial charge >= 0.3 is 0 Å². The minimum atomic E-state index is -0.0951. The van der Waals surface area contributed by atoms with E-state index in [0.29, 0.717) is 17.7 Å². The molecule has 4 nitrogen and oxygen atoms in total. The van der Waals surface area contributed by atoms with Gasteiger partial charge in [0.1, 0.15) is 11.5 Å². The van der Waals surface area contributed by atoms with Gasteiger partial charge < -0.3 is 14.8 Å². The summed E-state index contributed by atoms with van der Waals surface area (Å²) in [7, 11) is 0. The molecule has 1 aromatic rings. The zero-order chi connectivity index (χ0) is 13.0. The SMILES string of the molecule is Cc1oc(C)c(C(=O)NC(C)CCCO)c1C. The summed E-state index contributed by atoms with van der Waals surface area (Å²) in [4.78, 5) is 12.0. The van der Waals surface area contributed by atoms with Crippen molar-refractivity contribution in [2.45, 2.75) is 46.6 Å². The number of aliphatic hydroxyl groups excluding tert-OH is 1. The number of carbonyl (C=O) groups is 1. The first-order chi connectivity index (χ1) is 7.97. The van der Waals surface area contributed by atoms with E-state index in [9.17, 15) is 4.79 Å². The molecule has 0 aliphatic heterocycles. The highest BCUT2D eigenvalue weighted by Gasteiger charge is 2.19. The predicted octanol–water partition coefficient (Wildman–Crippen LogP) is 2.10. The van der Waals surface area contributed by atoms with Crippen LogP contribution in [-0.2, 0) is 0 Å². The highest BCUT2D eigenvalue weighted by molar-refractivity contribution is 5.97. The minimum absolute atomic E-state index is 0.0589. The molecule has 0 saturated carbocycles. The van der Waals surface area contributed by atoms with E-state index < -0.39 is 0 Å². The number of carbonyl (C=O) groups excluding carboxylic acids is 1. The monoisotopic (exact) mass is 239 g/mol. The maximum atomic E-state index is 12.0. The molecule has 2 N–H and O–H groups in total. The maximum Gasteiger partial charge on any atom is 0.255 e. The first kappa shape index (κ1) is 13.8. The Bertz CT molecular complexity index is 396. The summed E-state index contributed by atoms with van der Waals surface area (Å²) in [6.07, 6.45) is 1.47. The fourth-order valence-corrected chi connectivity index (χ4v) is 1.89. The standard InChI is InChI=1S/C13H21NO3/c1-8(6-5-7-15)14-13(16)12-9(2)10(3)17-11(12)4/h8,15H,5-7H2,1-4H3,(H,14,16). The van der Waals surface area contributed by atoms with Crippen LogP contribution in [0, 0.1) is 20.8 Å². The smallest absolute Gasteiger partial charge is 0.255 e. The Morgan fingerprint density at radius 2 is 2.00 bits per heavy atom. The van der Waals surface area contributed by atoms with Crippen molar-refractivity contribution < 1.29 is 14.3 Å². The van der Waals surface area contributed by atoms with Gasteiger partial charge in [-0.1, -0.05) is 0 Å². The van der Waals surface area contributed by atoms with E-state index in [1.165, 1.54) is 0 Å². The van der Waals surface area contributed by atoms with Crippen LogP contribution in [0.5, 0.6) is 0 Å². The first-order valence-electron chi connectivity index (χ1n) is 5.95. The Morgan fingerprint density at radius 3 is 2.47 bits per heavy atom. The molecule has 1 heterocycles. The quantitative estimate of drug-likeness (QED) is 0.827. The molecule has 0 aliphatic carbocycles. The molecule has 0 radical (unpaired) electrons. The van der Waals surface area contributed by atoms with Crippen LogP contribution in [0.4, 0.5) is 0 Å². The van der Waals surface area contributed by atoms with Crippen LogP contribution in [0.25, 0.3) is 0 Å². The lowest BCUT2D eigenvalue weighted by molar-refractivity contribution is 0.0934. The van der Waals surface area contributed by atoms with E-state index in [2.05, 4.69) is 5.32 Å². The van der Waals surface area contributed by atoms with Gasteiger partial charge in [-0.3, -0.25) is 4.79 Å². The molecule has 0 fully saturated rings. The second kappa shape index (κ2) is 5.87. The van der Waals surface area contributed by atoms with E-state index in [1.54, 1.807) is 6.92 Å². The van der Waals surface area contributed by atoms with Gasteiger partial charge in [0.15, 0.2) is 0 Å². The van der Waals surface area contributed by atoms with Gasteiger partial charge in [0.25, 0.3) is 5.91 Å². The van der Waals surface area contributed by atoms with Gasteiger partial charge in [0.2, 0.25) is 0 Å². The number of aryl methyl sites for hydroxylation is 2. The third-order valence-corrected chi connectivity index (χ3v) is 2.96. The molecule has 0 saturated heterocycles. The number of hydrogen-bond donors (Lipinski definition) is 2. The highest BCUT2D eigenvalue weighted by atomic mass is 16.3. The van der Waals surface area contributed by atoms with Crippen molar-refractivity contribution >= 4 is 5.91 Å². The van der Waals surface area contributed by atoms with E-state index in [-0.39, 0.29) is 18.6 Å². The van der Waals surface area contributed by atoms with Crippen LogP contribution in [0.3, 0.4) is 0 Å². The van der Waals surface area contributed by atoms with Crippen molar-refractivity contribution in [1.29, 1.82) is 0 Å². The fourth-order valence-electron chi connectivity index (χ4n) is 1.89. The summed E-state index contributed by atoms with van der Waals surface area (Å²) in [5, 5.41) is 11.6. The molecule has 1 amide bonds. The molecule has 4 heteroatoms. The van der Waals surface area contributed by atoms with E-state index in [0.717, 1.165) is 17.7 Å². The van der Waals surface area contributed by atoms with E-state index in [4.69, 9.17) is 9.52 Å². The van der Waals surface area contributed by atoms with Crippen molar-refractivity contribution in [2.75, 3.05) is 6.61 Å². The predicted molar refractivity (Wildman–Crippen MR) is 66.2 cm³/mol. The van der Waals surface area contributed by atoms with Gasteiger partial charge in [-0.05, 0) is 40.5 Å². The number of nitrogens with one attached hydrogen (secondary N) is 1. The molecule has 17 heavy (non-hydrogen) atoms. The zero-order valence-electron chi connectivity index (χ0n) is 11.0. The summed E-state index contributed by atoms with van der Waals surface area (Å²) in [6.45, 7) is 7.63. The van der Waals surface area contributed by atoms with Crippen LogP contribution in [0.1, 0.15) is 47.2 Å². The number of amides is 1. The van der Waals surface area contributed by atoms with Gasteiger partial charge in [0, 0.05) is 18.2 Å². The zero-order valence-corrected chi connectivity index (χ0v) is 11.0. The number of furan rings is 1. The first-order valence-corrected chi connectivity index (χ1v) is 5.95. The molecule has 0 aliphatic rings. The highest BCUT2D eigenvalue weighted by Crippen LogP contribution is 2.20. The van der Waals surface area contributed by atoms with Crippen molar-refractivity contribution in [2.24, 2.45) is 0 Å². The molecule has 1 aromatic heterocycles. The third-order valence-electron chi connectivity index (χ3n) is 2.96. The van der Waals surface area contributed by atoms with E-state index >= 15 is 0 Å². The van der Waals surface area contributed by atoms with Crippen LogP contribution < -0.4 is 5.32 Å². The summed E-state index contributed by atoms with van der Waals surface area (Å²) in [6, 6.07) is 0.0589. The summed E-state index contributed by atoms with van der Waals surface area (Å²) in [5.74, 6) is 1.35. The molecule has 96 valence electrons. The molecular formula is C13H21NO3. The van der Waals surface area contributed by atoms with Gasteiger partial charge in [-0.15, -0.1) is 0 Å². The summed E-state index contributed by atoms with van der Waals surface area (Å²) >= 11 is 0. The fraction of sp³-hybridized carbons (Fsp3) is 0.615. The van der Waals surface area contributed by atoms with Crippen LogP contribution in [0.15, 0.2) is 4.42 Å². The van der Waals surface area contributed by atoms with Crippen molar-refractivity contribution in [1.82, 2.24) is 5.32 Å². The number of aliphatic hydroxyl groups is 1. The normalized spacial score (nSPS) is 12.5. The Labute approximate surface area is 102 Å². The third kappa shape index (κ3) is 3.33. The maximum absolute atomic E-state index is 12.0. The Balaban J connectivity index is 2.70. The average molecular weight is 239 g/mol. The minimum Gasteiger partial charge on any atom is -0.466 e. The summed E-state index contributed by atoms with van der Waals surface area (Å²) < 4.78 is 5.43. The Hall–Kier alpha value is -1.29. The largest absolute Gasteiger partial charge is 0.466 e. The molecule has 1 atom stereocenters. The van der Waals surface area contributed by atoms with Gasteiger partial charge in [0.05, 0.1) is 5.56 Å². The molecule has 1 unspecified atom stereocenters. The molecule has 0 spiro atoms. The van der Waals surface area contributed by atoms with Crippen molar-refractivity contribution in [3.05, 3.63) is 22.6 Å². The number of rotatable bonds is 5. The van der Waals surface area contributed by atoms with Crippen LogP contribution in [0.2, 0.25) is 0 Å². The lowest BCUT2D eigenvalue weighted by Crippen LogP contribution is -2.33. The van der Waals surface area contributed by atoms with Crippen molar-refractivity contribution in [3.63, 3.8) is 0 Å². The van der Waals surface area contributed by atoms with Crippen LogP contribution >= 0.6 is 0 Å². The van der Waals surface area contributed by atoms with E-state index in [1.807, 2.05) is 20.8 Å². The molecule has 0 aromatic carbocycles. The van der Waals surface area contributed by atoms with Gasteiger partial charge in [-0.25, -0.2) is 0 Å². The lowest BCUT2D eigenvalue weighted by atomic mass is 10.1. The Kier molecular flexibility index (Phi) is 4.75. The number of hydrogen-bond acceptors (Lipinski definition) is 3. The van der Waals surface area contributed by atoms with Gasteiger partial charge in [-0.2, -0.15) is 0 Å². The topological polar surface area (TPSA) is 62.5 Å². The second-order valence-corrected chi connectivity index (χ2v) is 4.45. The average Bonchev–Trinajstić information content (AvgIpc) is 2.50. The summed E-state index contributed by atoms with van der Waals surface area (Å²) in [5.41, 5.74) is 1.53. The van der Waals surface area contributed by atoms with Crippen molar-refractivity contribution in [3.8, 4) is 0 Å². The van der Waals surface area contributed by atoms with Crippen LogP contribution in [-0.4, -0.2) is 23.7 Å². The Morgan fingerprint density at radius 1 is 1.35 bits per heavy atom. The molecular weight excluding hydrogens is 218 g/mol. The lowest BCUT2D eigenvalue weighted by Gasteiger charge is -2.13.